The molecule has 0 bridgehead atoms. The highest BCUT2D eigenvalue weighted by atomic mass is 35.5. The summed E-state index contributed by atoms with van der Waals surface area (Å²) in [4.78, 5) is 11.9. The number of phenols is 1. The van der Waals surface area contributed by atoms with Crippen LogP contribution in [0.5, 0.6) is 5.75 Å². The standard InChI is InChI=1S/C15H13ClFNO2/c16-8-7-10-1-3-11(4-2-10)18-15(20)13-6-5-12(19)9-14(13)17/h1-6,9,19H,7-8H2,(H,18,20). The Hall–Kier alpha value is -2.07. The molecule has 104 valence electrons. The van der Waals surface area contributed by atoms with Crippen LogP contribution in [0.1, 0.15) is 15.9 Å². The van der Waals surface area contributed by atoms with E-state index in [0.29, 0.717) is 11.6 Å². The van der Waals surface area contributed by atoms with Gasteiger partial charge in [-0.15, -0.1) is 11.6 Å². The minimum absolute atomic E-state index is 0.118. The zero-order chi connectivity index (χ0) is 14.5. The van der Waals surface area contributed by atoms with Gasteiger partial charge >= 0.3 is 0 Å². The Morgan fingerprint density at radius 1 is 1.20 bits per heavy atom. The molecule has 5 heteroatoms. The average molecular weight is 294 g/mol. The molecule has 0 aromatic heterocycles. The number of amides is 1. The van der Waals surface area contributed by atoms with Crippen LogP contribution in [-0.2, 0) is 6.42 Å². The van der Waals surface area contributed by atoms with E-state index in [1.807, 2.05) is 12.1 Å². The molecule has 0 spiro atoms. The lowest BCUT2D eigenvalue weighted by atomic mass is 10.1. The minimum atomic E-state index is -0.763. The fourth-order valence-corrected chi connectivity index (χ4v) is 1.97. The van der Waals surface area contributed by atoms with E-state index in [4.69, 9.17) is 16.7 Å². The highest BCUT2D eigenvalue weighted by molar-refractivity contribution is 6.18. The van der Waals surface area contributed by atoms with Crippen molar-refractivity contribution >= 4 is 23.2 Å². The van der Waals surface area contributed by atoms with Gasteiger partial charge < -0.3 is 10.4 Å². The fourth-order valence-electron chi connectivity index (χ4n) is 1.75. The summed E-state index contributed by atoms with van der Waals surface area (Å²) in [5.74, 6) is -1.01. The number of hydrogen-bond acceptors (Lipinski definition) is 2. The van der Waals surface area contributed by atoms with E-state index in [9.17, 15) is 9.18 Å². The Bertz CT molecular complexity index is 614. The van der Waals surface area contributed by atoms with Gasteiger partial charge in [-0.1, -0.05) is 12.1 Å². The van der Waals surface area contributed by atoms with Crippen molar-refractivity contribution in [1.82, 2.24) is 0 Å². The molecule has 3 nitrogen and oxygen atoms in total. The molecule has 0 heterocycles. The molecular weight excluding hydrogens is 281 g/mol. The molecule has 1 amide bonds. The van der Waals surface area contributed by atoms with Crippen molar-refractivity contribution in [3.63, 3.8) is 0 Å². The van der Waals surface area contributed by atoms with E-state index < -0.39 is 11.7 Å². The molecule has 2 aromatic rings. The highest BCUT2D eigenvalue weighted by Gasteiger charge is 2.12. The zero-order valence-electron chi connectivity index (χ0n) is 10.6. The second-order valence-electron chi connectivity index (χ2n) is 4.25. The lowest BCUT2D eigenvalue weighted by Gasteiger charge is -2.07. The number of carbonyl (C=O) groups excluding carboxylic acids is 1. The normalized spacial score (nSPS) is 10.3. The Kier molecular flexibility index (Phi) is 4.58. The Morgan fingerprint density at radius 2 is 1.90 bits per heavy atom. The summed E-state index contributed by atoms with van der Waals surface area (Å²) in [5, 5.41) is 11.7. The van der Waals surface area contributed by atoms with Gasteiger partial charge in [0.05, 0.1) is 5.56 Å². The Balaban J connectivity index is 2.11. The van der Waals surface area contributed by atoms with Crippen LogP contribution in [0.3, 0.4) is 0 Å². The first-order valence-corrected chi connectivity index (χ1v) is 6.58. The molecule has 0 saturated carbocycles. The SMILES string of the molecule is O=C(Nc1ccc(CCCl)cc1)c1ccc(O)cc1F. The third kappa shape index (κ3) is 3.48. The van der Waals surface area contributed by atoms with E-state index in [-0.39, 0.29) is 11.3 Å². The van der Waals surface area contributed by atoms with Gasteiger partial charge in [-0.3, -0.25) is 4.79 Å². The zero-order valence-corrected chi connectivity index (χ0v) is 11.3. The van der Waals surface area contributed by atoms with Gasteiger partial charge in [0.1, 0.15) is 11.6 Å². The summed E-state index contributed by atoms with van der Waals surface area (Å²) in [6, 6.07) is 10.6. The van der Waals surface area contributed by atoms with E-state index in [1.165, 1.54) is 12.1 Å². The van der Waals surface area contributed by atoms with Crippen molar-refractivity contribution in [1.29, 1.82) is 0 Å². The molecule has 0 aliphatic carbocycles. The molecule has 0 aliphatic heterocycles. The Labute approximate surface area is 121 Å². The van der Waals surface area contributed by atoms with Crippen molar-refractivity contribution in [3.8, 4) is 5.75 Å². The maximum atomic E-state index is 13.5. The summed E-state index contributed by atoms with van der Waals surface area (Å²) >= 11 is 5.64. The topological polar surface area (TPSA) is 49.3 Å². The summed E-state index contributed by atoms with van der Waals surface area (Å²) in [7, 11) is 0. The first-order chi connectivity index (χ1) is 9.60. The molecule has 20 heavy (non-hydrogen) atoms. The van der Waals surface area contributed by atoms with Crippen molar-refractivity contribution in [2.24, 2.45) is 0 Å². The molecular formula is C15H13ClFNO2. The van der Waals surface area contributed by atoms with Crippen LogP contribution in [0.25, 0.3) is 0 Å². The molecule has 0 atom stereocenters. The number of aryl methyl sites for hydroxylation is 1. The van der Waals surface area contributed by atoms with E-state index in [0.717, 1.165) is 18.1 Å². The highest BCUT2D eigenvalue weighted by Crippen LogP contribution is 2.17. The van der Waals surface area contributed by atoms with E-state index in [2.05, 4.69) is 5.32 Å². The van der Waals surface area contributed by atoms with Crippen molar-refractivity contribution in [2.75, 3.05) is 11.2 Å². The molecule has 0 fully saturated rings. The minimum Gasteiger partial charge on any atom is -0.508 e. The predicted molar refractivity (Wildman–Crippen MR) is 76.9 cm³/mol. The van der Waals surface area contributed by atoms with Crippen molar-refractivity contribution in [2.45, 2.75) is 6.42 Å². The molecule has 0 aliphatic rings. The summed E-state index contributed by atoms with van der Waals surface area (Å²) in [6.45, 7) is 0. The molecule has 2 aromatic carbocycles. The number of hydrogen-bond donors (Lipinski definition) is 2. The summed E-state index contributed by atoms with van der Waals surface area (Å²) in [6.07, 6.45) is 0.752. The maximum Gasteiger partial charge on any atom is 0.258 e. The van der Waals surface area contributed by atoms with E-state index in [1.54, 1.807) is 12.1 Å². The van der Waals surface area contributed by atoms with Crippen molar-refractivity contribution in [3.05, 3.63) is 59.4 Å². The van der Waals surface area contributed by atoms with Crippen LogP contribution in [0.4, 0.5) is 10.1 Å². The Morgan fingerprint density at radius 3 is 2.50 bits per heavy atom. The number of phenolic OH excluding ortho intramolecular Hbond substituents is 1. The lowest BCUT2D eigenvalue weighted by molar-refractivity contribution is 0.102. The lowest BCUT2D eigenvalue weighted by Crippen LogP contribution is -2.13. The number of rotatable bonds is 4. The van der Waals surface area contributed by atoms with Crippen LogP contribution in [0.2, 0.25) is 0 Å². The smallest absolute Gasteiger partial charge is 0.258 e. The van der Waals surface area contributed by atoms with Crippen LogP contribution < -0.4 is 5.32 Å². The van der Waals surface area contributed by atoms with Crippen LogP contribution in [0, 0.1) is 5.82 Å². The summed E-state index contributed by atoms with van der Waals surface area (Å²) in [5.41, 5.74) is 1.52. The number of aromatic hydroxyl groups is 1. The van der Waals surface area contributed by atoms with Crippen molar-refractivity contribution < 1.29 is 14.3 Å². The third-order valence-corrected chi connectivity index (χ3v) is 2.98. The van der Waals surface area contributed by atoms with Gasteiger partial charge in [0.2, 0.25) is 0 Å². The van der Waals surface area contributed by atoms with Gasteiger partial charge in [-0.25, -0.2) is 4.39 Å². The van der Waals surface area contributed by atoms with Crippen LogP contribution in [-0.4, -0.2) is 16.9 Å². The van der Waals surface area contributed by atoms with Gasteiger partial charge in [-0.05, 0) is 36.2 Å². The average Bonchev–Trinajstić information content (AvgIpc) is 2.41. The van der Waals surface area contributed by atoms with Gasteiger partial charge in [0, 0.05) is 17.6 Å². The first-order valence-electron chi connectivity index (χ1n) is 6.05. The van der Waals surface area contributed by atoms with Gasteiger partial charge in [-0.2, -0.15) is 0 Å². The monoisotopic (exact) mass is 293 g/mol. The number of benzene rings is 2. The molecule has 2 N–H and O–H groups in total. The number of halogens is 2. The molecule has 2 rings (SSSR count). The second kappa shape index (κ2) is 6.39. The number of anilines is 1. The first kappa shape index (κ1) is 14.3. The van der Waals surface area contributed by atoms with Gasteiger partial charge in [0.15, 0.2) is 0 Å². The maximum absolute atomic E-state index is 13.5. The van der Waals surface area contributed by atoms with Crippen LogP contribution >= 0.6 is 11.6 Å². The molecule has 0 unspecified atom stereocenters. The quantitative estimate of drug-likeness (QED) is 0.847. The predicted octanol–water partition coefficient (Wildman–Crippen LogP) is 3.56. The summed E-state index contributed by atoms with van der Waals surface area (Å²) < 4.78 is 13.5. The fraction of sp³-hybridized carbons (Fsp3) is 0.133. The van der Waals surface area contributed by atoms with Gasteiger partial charge in [0.25, 0.3) is 5.91 Å². The molecule has 0 saturated heterocycles. The number of nitrogens with one attached hydrogen (secondary N) is 1. The molecule has 0 radical (unpaired) electrons. The number of carbonyl (C=O) groups is 1. The van der Waals surface area contributed by atoms with E-state index >= 15 is 0 Å². The van der Waals surface area contributed by atoms with Crippen LogP contribution in [0.15, 0.2) is 42.5 Å². The number of alkyl halides is 1. The third-order valence-electron chi connectivity index (χ3n) is 2.79. The second-order valence-corrected chi connectivity index (χ2v) is 4.63. The largest absolute Gasteiger partial charge is 0.508 e.